The van der Waals surface area contributed by atoms with Crippen molar-refractivity contribution in [3.63, 3.8) is 0 Å². The minimum Gasteiger partial charge on any atom is -0.497 e. The third-order valence-electron chi connectivity index (χ3n) is 4.13. The standard InChI is InChI=1S/C18H21N3O2/c1-23-17-4-2-3-15(13-17)14-20-9-11-21(12-10-20)18(22)16-5-7-19-8-6-16/h2-8,13H,9-12,14H2,1H3. The Kier molecular flexibility index (Phi) is 4.88. The summed E-state index contributed by atoms with van der Waals surface area (Å²) in [5.41, 5.74) is 1.94. The summed E-state index contributed by atoms with van der Waals surface area (Å²) in [4.78, 5) is 20.6. The third kappa shape index (κ3) is 3.87. The molecule has 3 rings (SSSR count). The number of carbonyl (C=O) groups is 1. The lowest BCUT2D eigenvalue weighted by molar-refractivity contribution is 0.0628. The van der Waals surface area contributed by atoms with Gasteiger partial charge in [-0.15, -0.1) is 0 Å². The fourth-order valence-corrected chi connectivity index (χ4v) is 2.82. The number of piperazine rings is 1. The van der Waals surface area contributed by atoms with Crippen molar-refractivity contribution in [1.29, 1.82) is 0 Å². The predicted octanol–water partition coefficient (Wildman–Crippen LogP) is 2.05. The SMILES string of the molecule is COc1cccc(CN2CCN(C(=O)c3ccncc3)CC2)c1. The summed E-state index contributed by atoms with van der Waals surface area (Å²) >= 11 is 0. The molecule has 5 nitrogen and oxygen atoms in total. The van der Waals surface area contributed by atoms with Gasteiger partial charge in [0.05, 0.1) is 7.11 Å². The van der Waals surface area contributed by atoms with Gasteiger partial charge >= 0.3 is 0 Å². The normalized spacial score (nSPS) is 15.4. The second-order valence-corrected chi connectivity index (χ2v) is 5.66. The summed E-state index contributed by atoms with van der Waals surface area (Å²) in [6, 6.07) is 11.7. The average molecular weight is 311 g/mol. The van der Waals surface area contributed by atoms with Crippen LogP contribution in [0.15, 0.2) is 48.8 Å². The van der Waals surface area contributed by atoms with E-state index in [-0.39, 0.29) is 5.91 Å². The molecule has 0 N–H and O–H groups in total. The van der Waals surface area contributed by atoms with Crippen LogP contribution in [0.2, 0.25) is 0 Å². The molecule has 120 valence electrons. The van der Waals surface area contributed by atoms with Gasteiger partial charge < -0.3 is 9.64 Å². The van der Waals surface area contributed by atoms with Crippen molar-refractivity contribution in [2.45, 2.75) is 6.54 Å². The van der Waals surface area contributed by atoms with E-state index in [1.165, 1.54) is 5.56 Å². The Labute approximate surface area is 136 Å². The molecule has 0 aliphatic carbocycles. The fourth-order valence-electron chi connectivity index (χ4n) is 2.82. The van der Waals surface area contributed by atoms with Gasteiger partial charge in [-0.05, 0) is 29.8 Å². The molecule has 0 spiro atoms. The molecular weight excluding hydrogens is 290 g/mol. The fraction of sp³-hybridized carbons (Fsp3) is 0.333. The highest BCUT2D eigenvalue weighted by Gasteiger charge is 2.22. The quantitative estimate of drug-likeness (QED) is 0.867. The molecule has 1 amide bonds. The third-order valence-corrected chi connectivity index (χ3v) is 4.13. The van der Waals surface area contributed by atoms with Crippen molar-refractivity contribution < 1.29 is 9.53 Å². The average Bonchev–Trinajstić information content (AvgIpc) is 2.63. The van der Waals surface area contributed by atoms with Crippen LogP contribution in [-0.4, -0.2) is 54.0 Å². The van der Waals surface area contributed by atoms with Crippen molar-refractivity contribution in [2.24, 2.45) is 0 Å². The maximum Gasteiger partial charge on any atom is 0.254 e. The number of hydrogen-bond acceptors (Lipinski definition) is 4. The Balaban J connectivity index is 1.55. The number of aromatic nitrogens is 1. The number of carbonyl (C=O) groups excluding carboxylic acids is 1. The Morgan fingerprint density at radius 2 is 1.87 bits per heavy atom. The molecule has 1 saturated heterocycles. The van der Waals surface area contributed by atoms with E-state index in [9.17, 15) is 4.79 Å². The molecule has 1 aromatic heterocycles. The van der Waals surface area contributed by atoms with E-state index >= 15 is 0 Å². The van der Waals surface area contributed by atoms with E-state index in [1.807, 2.05) is 17.0 Å². The Morgan fingerprint density at radius 3 is 2.57 bits per heavy atom. The van der Waals surface area contributed by atoms with E-state index < -0.39 is 0 Å². The first-order valence-corrected chi connectivity index (χ1v) is 7.81. The minimum absolute atomic E-state index is 0.0911. The summed E-state index contributed by atoms with van der Waals surface area (Å²) < 4.78 is 5.27. The summed E-state index contributed by atoms with van der Waals surface area (Å²) in [5, 5.41) is 0. The van der Waals surface area contributed by atoms with Crippen LogP contribution in [0.4, 0.5) is 0 Å². The van der Waals surface area contributed by atoms with E-state index in [2.05, 4.69) is 22.0 Å². The predicted molar refractivity (Wildman–Crippen MR) is 88.4 cm³/mol. The van der Waals surface area contributed by atoms with Gasteiger partial charge in [0.25, 0.3) is 5.91 Å². The highest BCUT2D eigenvalue weighted by Crippen LogP contribution is 2.16. The smallest absolute Gasteiger partial charge is 0.254 e. The van der Waals surface area contributed by atoms with Crippen LogP contribution >= 0.6 is 0 Å². The molecule has 23 heavy (non-hydrogen) atoms. The second-order valence-electron chi connectivity index (χ2n) is 5.66. The van der Waals surface area contributed by atoms with E-state index in [4.69, 9.17) is 4.74 Å². The summed E-state index contributed by atoms with van der Waals surface area (Å²) in [7, 11) is 1.68. The number of nitrogens with zero attached hydrogens (tertiary/aromatic N) is 3. The molecular formula is C18H21N3O2. The van der Waals surface area contributed by atoms with Gasteiger partial charge in [-0.3, -0.25) is 14.7 Å². The monoisotopic (exact) mass is 311 g/mol. The first-order chi connectivity index (χ1) is 11.3. The second kappa shape index (κ2) is 7.24. The number of hydrogen-bond donors (Lipinski definition) is 0. The Bertz CT molecular complexity index is 652. The number of rotatable bonds is 4. The molecule has 0 atom stereocenters. The highest BCUT2D eigenvalue weighted by molar-refractivity contribution is 5.94. The van der Waals surface area contributed by atoms with Crippen LogP contribution in [0.1, 0.15) is 15.9 Å². The molecule has 2 aromatic rings. The van der Waals surface area contributed by atoms with Gasteiger partial charge in [0.15, 0.2) is 0 Å². The maximum atomic E-state index is 12.4. The Morgan fingerprint density at radius 1 is 1.13 bits per heavy atom. The van der Waals surface area contributed by atoms with Crippen molar-refractivity contribution in [3.05, 3.63) is 59.9 Å². The minimum atomic E-state index is 0.0911. The lowest BCUT2D eigenvalue weighted by Gasteiger charge is -2.34. The van der Waals surface area contributed by atoms with Crippen LogP contribution < -0.4 is 4.74 Å². The van der Waals surface area contributed by atoms with Gasteiger partial charge in [-0.25, -0.2) is 0 Å². The molecule has 1 aromatic carbocycles. The molecule has 1 aliphatic rings. The topological polar surface area (TPSA) is 45.7 Å². The van der Waals surface area contributed by atoms with Crippen LogP contribution in [-0.2, 0) is 6.54 Å². The number of amides is 1. The van der Waals surface area contributed by atoms with Crippen molar-refractivity contribution >= 4 is 5.91 Å². The number of pyridine rings is 1. The van der Waals surface area contributed by atoms with E-state index in [0.29, 0.717) is 5.56 Å². The van der Waals surface area contributed by atoms with Crippen LogP contribution in [0.5, 0.6) is 5.75 Å². The van der Waals surface area contributed by atoms with Crippen LogP contribution in [0.25, 0.3) is 0 Å². The molecule has 1 aliphatic heterocycles. The van der Waals surface area contributed by atoms with Crippen molar-refractivity contribution in [2.75, 3.05) is 33.3 Å². The van der Waals surface area contributed by atoms with Gasteiger partial charge in [-0.1, -0.05) is 12.1 Å². The molecule has 0 unspecified atom stereocenters. The van der Waals surface area contributed by atoms with Gasteiger partial charge in [0.1, 0.15) is 5.75 Å². The van der Waals surface area contributed by atoms with Crippen molar-refractivity contribution in [1.82, 2.24) is 14.8 Å². The molecule has 1 fully saturated rings. The van der Waals surface area contributed by atoms with Gasteiger partial charge in [-0.2, -0.15) is 0 Å². The zero-order valence-electron chi connectivity index (χ0n) is 13.3. The van der Waals surface area contributed by atoms with Crippen LogP contribution in [0.3, 0.4) is 0 Å². The number of benzene rings is 1. The lowest BCUT2D eigenvalue weighted by atomic mass is 10.1. The molecule has 0 radical (unpaired) electrons. The highest BCUT2D eigenvalue weighted by atomic mass is 16.5. The molecule has 0 bridgehead atoms. The number of methoxy groups -OCH3 is 1. The lowest BCUT2D eigenvalue weighted by Crippen LogP contribution is -2.48. The maximum absolute atomic E-state index is 12.4. The molecule has 5 heteroatoms. The summed E-state index contributed by atoms with van der Waals surface area (Å²) in [6.07, 6.45) is 3.32. The van der Waals surface area contributed by atoms with Crippen LogP contribution in [0, 0.1) is 0 Å². The largest absolute Gasteiger partial charge is 0.497 e. The van der Waals surface area contributed by atoms with E-state index in [1.54, 1.807) is 31.6 Å². The van der Waals surface area contributed by atoms with E-state index in [0.717, 1.165) is 38.5 Å². The first kappa shape index (κ1) is 15.5. The number of ether oxygens (including phenoxy) is 1. The molecule has 0 saturated carbocycles. The first-order valence-electron chi connectivity index (χ1n) is 7.81. The zero-order chi connectivity index (χ0) is 16.1. The van der Waals surface area contributed by atoms with Gasteiger partial charge in [0.2, 0.25) is 0 Å². The van der Waals surface area contributed by atoms with Gasteiger partial charge in [0, 0.05) is 50.7 Å². The molecule has 2 heterocycles. The zero-order valence-corrected chi connectivity index (χ0v) is 13.3. The summed E-state index contributed by atoms with van der Waals surface area (Å²) in [6.45, 7) is 4.16. The van der Waals surface area contributed by atoms with Crippen molar-refractivity contribution in [3.8, 4) is 5.75 Å². The summed E-state index contributed by atoms with van der Waals surface area (Å²) in [5.74, 6) is 0.974. The Hall–Kier alpha value is -2.40.